The van der Waals surface area contributed by atoms with Gasteiger partial charge in [-0.05, 0) is 24.3 Å². The van der Waals surface area contributed by atoms with E-state index >= 15 is 0 Å². The molecule has 1 unspecified atom stereocenters. The van der Waals surface area contributed by atoms with Gasteiger partial charge in [0, 0.05) is 33.4 Å². The monoisotopic (exact) mass is 271 g/mol. The van der Waals surface area contributed by atoms with Crippen LogP contribution in [0.25, 0.3) is 10.8 Å². The molecule has 0 saturated carbocycles. The molecular formula is C10H9NO4S2. The highest BCUT2D eigenvalue weighted by Crippen LogP contribution is 2.37. The average molecular weight is 271 g/mol. The lowest BCUT2D eigenvalue weighted by Gasteiger charge is -2.09. The normalized spacial score (nSPS) is 12.8. The smallest absolute Gasteiger partial charge is 0.186 e. The summed E-state index contributed by atoms with van der Waals surface area (Å²) >= 11 is -1.71. The van der Waals surface area contributed by atoms with Crippen molar-refractivity contribution in [1.29, 1.82) is 0 Å². The molecule has 0 aliphatic rings. The van der Waals surface area contributed by atoms with Crippen molar-refractivity contribution in [1.82, 2.24) is 0 Å². The number of anilines is 1. The second kappa shape index (κ2) is 4.53. The van der Waals surface area contributed by atoms with Gasteiger partial charge in [0.2, 0.25) is 0 Å². The van der Waals surface area contributed by atoms with Crippen LogP contribution < -0.4 is 5.73 Å². The van der Waals surface area contributed by atoms with Crippen molar-refractivity contribution < 1.29 is 18.4 Å². The van der Waals surface area contributed by atoms with Crippen LogP contribution >= 0.6 is 12.0 Å². The summed E-state index contributed by atoms with van der Waals surface area (Å²) in [5.41, 5.74) is 6.06. The molecule has 0 fully saturated rings. The number of hydrogen-bond donors (Lipinski definition) is 4. The molecule has 0 radical (unpaired) electrons. The first-order valence-corrected chi connectivity index (χ1v) is 6.40. The maximum absolute atomic E-state index is 11.0. The Balaban J connectivity index is 2.89. The van der Waals surface area contributed by atoms with Crippen LogP contribution in [0.1, 0.15) is 0 Å². The van der Waals surface area contributed by atoms with Crippen molar-refractivity contribution in [2.24, 2.45) is 0 Å². The molecule has 0 aromatic heterocycles. The third-order valence-electron chi connectivity index (χ3n) is 2.36. The minimum atomic E-state index is -2.20. The Labute approximate surface area is 104 Å². The Morgan fingerprint density at radius 3 is 2.59 bits per heavy atom. The van der Waals surface area contributed by atoms with Gasteiger partial charge in [0.05, 0.1) is 4.90 Å². The first-order valence-electron chi connectivity index (χ1n) is 4.52. The maximum atomic E-state index is 11.0. The van der Waals surface area contributed by atoms with E-state index in [9.17, 15) is 9.32 Å². The lowest BCUT2D eigenvalue weighted by molar-refractivity contribution is 0.479. The third kappa shape index (κ3) is 2.09. The molecule has 0 heterocycles. The molecule has 2 aromatic rings. The summed E-state index contributed by atoms with van der Waals surface area (Å²) in [6.45, 7) is 0. The van der Waals surface area contributed by atoms with E-state index in [-0.39, 0.29) is 10.6 Å². The summed E-state index contributed by atoms with van der Waals surface area (Å²) in [5, 5.41) is 10.6. The predicted molar refractivity (Wildman–Crippen MR) is 67.5 cm³/mol. The fourth-order valence-corrected chi connectivity index (χ4v) is 2.44. The number of fused-ring (bicyclic) bond motifs is 1. The molecule has 0 saturated heterocycles. The maximum Gasteiger partial charge on any atom is 0.186 e. The number of benzene rings is 2. The number of nitrogens with two attached hydrogens (primary N) is 1. The van der Waals surface area contributed by atoms with E-state index < -0.39 is 11.1 Å². The Hall–Kier alpha value is -1.28. The molecule has 0 spiro atoms. The van der Waals surface area contributed by atoms with Crippen LogP contribution in [0.5, 0.6) is 5.75 Å². The van der Waals surface area contributed by atoms with E-state index in [1.807, 2.05) is 0 Å². The summed E-state index contributed by atoms with van der Waals surface area (Å²) in [4.78, 5) is 0.507. The van der Waals surface area contributed by atoms with Crippen LogP contribution in [0.15, 0.2) is 34.1 Å². The zero-order chi connectivity index (χ0) is 12.6. The van der Waals surface area contributed by atoms with E-state index in [1.165, 1.54) is 12.1 Å². The number of phenols is 1. The molecule has 5 nitrogen and oxygen atoms in total. The molecule has 90 valence electrons. The lowest BCUT2D eigenvalue weighted by atomic mass is 10.1. The molecular weight excluding hydrogens is 262 g/mol. The van der Waals surface area contributed by atoms with Crippen molar-refractivity contribution in [3.8, 4) is 5.75 Å². The van der Waals surface area contributed by atoms with Crippen LogP contribution in [0.4, 0.5) is 5.69 Å². The highest BCUT2D eigenvalue weighted by atomic mass is 32.2. The van der Waals surface area contributed by atoms with E-state index in [0.29, 0.717) is 33.4 Å². The van der Waals surface area contributed by atoms with E-state index in [2.05, 4.69) is 0 Å². The lowest BCUT2D eigenvalue weighted by Crippen LogP contribution is -1.93. The van der Waals surface area contributed by atoms with E-state index in [0.717, 1.165) is 0 Å². The van der Waals surface area contributed by atoms with Crippen molar-refractivity contribution in [3.05, 3.63) is 24.3 Å². The summed E-state index contributed by atoms with van der Waals surface area (Å²) in [6, 6.07) is 5.72. The summed E-state index contributed by atoms with van der Waals surface area (Å²) in [7, 11) is 0. The Bertz CT molecular complexity index is 615. The topological polar surface area (TPSA) is 104 Å². The molecule has 17 heavy (non-hydrogen) atoms. The molecule has 0 bridgehead atoms. The van der Waals surface area contributed by atoms with Gasteiger partial charge in [0.15, 0.2) is 11.1 Å². The second-order valence-electron chi connectivity index (χ2n) is 3.36. The van der Waals surface area contributed by atoms with Crippen molar-refractivity contribution in [3.63, 3.8) is 0 Å². The molecule has 2 aromatic carbocycles. The summed E-state index contributed by atoms with van der Waals surface area (Å²) in [6.07, 6.45) is 0. The molecule has 5 N–H and O–H groups in total. The van der Waals surface area contributed by atoms with Crippen LogP contribution in [-0.4, -0.2) is 18.4 Å². The molecule has 2 rings (SSSR count). The number of rotatable bonds is 2. The zero-order valence-corrected chi connectivity index (χ0v) is 10.1. The van der Waals surface area contributed by atoms with Gasteiger partial charge in [-0.2, -0.15) is 0 Å². The van der Waals surface area contributed by atoms with E-state index in [4.69, 9.17) is 14.8 Å². The Morgan fingerprint density at radius 1 is 1.29 bits per heavy atom. The zero-order valence-electron chi connectivity index (χ0n) is 8.45. The van der Waals surface area contributed by atoms with Gasteiger partial charge in [-0.15, -0.1) is 0 Å². The van der Waals surface area contributed by atoms with E-state index in [1.54, 1.807) is 12.1 Å². The van der Waals surface area contributed by atoms with Gasteiger partial charge >= 0.3 is 0 Å². The SMILES string of the molecule is Nc1ccc(SO)c2cc(S(=O)O)cc(O)c12. The first-order chi connectivity index (χ1) is 8.04. The fraction of sp³-hybridized carbons (Fsp3) is 0. The van der Waals surface area contributed by atoms with Crippen LogP contribution in [0, 0.1) is 0 Å². The quantitative estimate of drug-likeness (QED) is 0.379. The fourth-order valence-electron chi connectivity index (χ4n) is 1.62. The molecule has 0 amide bonds. The van der Waals surface area contributed by atoms with Gasteiger partial charge in [-0.1, -0.05) is 0 Å². The molecule has 0 aliphatic carbocycles. The number of phenolic OH excluding ortho intramolecular Hbond substituents is 1. The van der Waals surface area contributed by atoms with Gasteiger partial charge in [-0.25, -0.2) is 4.21 Å². The third-order valence-corrected chi connectivity index (χ3v) is 3.55. The van der Waals surface area contributed by atoms with Crippen molar-refractivity contribution >= 4 is 39.6 Å². The van der Waals surface area contributed by atoms with Crippen LogP contribution in [0.3, 0.4) is 0 Å². The first kappa shape index (κ1) is 12.2. The number of aromatic hydroxyl groups is 1. The number of nitrogen functional groups attached to an aromatic ring is 1. The number of hydrogen-bond acceptors (Lipinski definition) is 5. The molecule has 1 atom stereocenters. The standard InChI is InChI=1S/C10H9NO4S2/c11-7-1-2-9(16-13)6-3-5(17(14)15)4-8(12)10(6)7/h1-4,12-13H,11H2,(H,14,15). The van der Waals surface area contributed by atoms with Crippen molar-refractivity contribution in [2.45, 2.75) is 9.79 Å². The summed E-state index contributed by atoms with van der Waals surface area (Å²) in [5.74, 6) is -0.187. The van der Waals surface area contributed by atoms with Gasteiger partial charge < -0.3 is 19.9 Å². The van der Waals surface area contributed by atoms with Gasteiger partial charge in [-0.3, -0.25) is 0 Å². The van der Waals surface area contributed by atoms with Crippen LogP contribution in [-0.2, 0) is 11.1 Å². The second-order valence-corrected chi connectivity index (χ2v) is 4.95. The Morgan fingerprint density at radius 2 is 2.00 bits per heavy atom. The predicted octanol–water partition coefficient (Wildman–Crippen LogP) is 2.27. The minimum absolute atomic E-state index is 0.0518. The van der Waals surface area contributed by atoms with Gasteiger partial charge in [0.25, 0.3) is 0 Å². The Kier molecular flexibility index (Phi) is 3.25. The molecule has 7 heteroatoms. The summed E-state index contributed by atoms with van der Waals surface area (Å²) < 4.78 is 29.1. The van der Waals surface area contributed by atoms with Crippen LogP contribution in [0.2, 0.25) is 0 Å². The highest BCUT2D eigenvalue weighted by molar-refractivity contribution is 7.94. The average Bonchev–Trinajstić information content (AvgIpc) is 2.28. The molecule has 0 aliphatic heterocycles. The van der Waals surface area contributed by atoms with Crippen molar-refractivity contribution in [2.75, 3.05) is 5.73 Å². The minimum Gasteiger partial charge on any atom is -0.507 e. The largest absolute Gasteiger partial charge is 0.507 e. The van der Waals surface area contributed by atoms with Gasteiger partial charge in [0.1, 0.15) is 5.75 Å². The highest BCUT2D eigenvalue weighted by Gasteiger charge is 2.12.